The minimum Gasteiger partial charge on any atom is -0.497 e. The molecule has 118 valence electrons. The smallest absolute Gasteiger partial charge is 0.303 e. The summed E-state index contributed by atoms with van der Waals surface area (Å²) in [6.45, 7) is 0. The Bertz CT molecular complexity index is 788. The van der Waals surface area contributed by atoms with Gasteiger partial charge in [-0.15, -0.1) is 11.3 Å². The van der Waals surface area contributed by atoms with Gasteiger partial charge in [0.05, 0.1) is 24.1 Å². The number of thiophene rings is 1. The monoisotopic (exact) mass is 327 g/mol. The van der Waals surface area contributed by atoms with Crippen LogP contribution < -0.4 is 4.74 Å². The normalized spacial score (nSPS) is 10.7. The maximum atomic E-state index is 10.9. The lowest BCUT2D eigenvalue weighted by atomic mass is 10.2. The SMILES string of the molecule is COc1ccc(-n2c(CCC(=O)O)ccc2-c2cccs2)cc1. The van der Waals surface area contributed by atoms with Crippen molar-refractivity contribution < 1.29 is 14.6 Å². The average molecular weight is 327 g/mol. The number of carboxylic acids is 1. The number of ether oxygens (including phenoxy) is 1. The molecule has 0 aliphatic heterocycles. The first-order valence-corrected chi connectivity index (χ1v) is 8.17. The summed E-state index contributed by atoms with van der Waals surface area (Å²) in [5.41, 5.74) is 3.06. The molecule has 4 nitrogen and oxygen atoms in total. The largest absolute Gasteiger partial charge is 0.497 e. The topological polar surface area (TPSA) is 51.5 Å². The molecule has 0 aliphatic carbocycles. The summed E-state index contributed by atoms with van der Waals surface area (Å²) in [4.78, 5) is 12.1. The van der Waals surface area contributed by atoms with Crippen molar-refractivity contribution in [1.29, 1.82) is 0 Å². The number of methoxy groups -OCH3 is 1. The molecule has 2 heterocycles. The molecule has 0 atom stereocenters. The highest BCUT2D eigenvalue weighted by Gasteiger charge is 2.13. The van der Waals surface area contributed by atoms with Crippen molar-refractivity contribution in [1.82, 2.24) is 4.57 Å². The third-order valence-corrected chi connectivity index (χ3v) is 4.55. The van der Waals surface area contributed by atoms with E-state index in [2.05, 4.69) is 10.6 Å². The highest BCUT2D eigenvalue weighted by Crippen LogP contribution is 2.31. The summed E-state index contributed by atoms with van der Waals surface area (Å²) in [5, 5.41) is 11.0. The van der Waals surface area contributed by atoms with E-state index in [1.165, 1.54) is 0 Å². The van der Waals surface area contributed by atoms with Crippen molar-refractivity contribution in [2.24, 2.45) is 0 Å². The van der Waals surface area contributed by atoms with Crippen LogP contribution in [0.1, 0.15) is 12.1 Å². The molecule has 0 spiro atoms. The van der Waals surface area contributed by atoms with Gasteiger partial charge >= 0.3 is 5.97 Å². The molecule has 0 aliphatic rings. The number of benzene rings is 1. The van der Waals surface area contributed by atoms with Gasteiger partial charge in [0.1, 0.15) is 5.75 Å². The van der Waals surface area contributed by atoms with Crippen molar-refractivity contribution in [2.45, 2.75) is 12.8 Å². The van der Waals surface area contributed by atoms with E-state index in [-0.39, 0.29) is 6.42 Å². The van der Waals surface area contributed by atoms with Gasteiger partial charge in [-0.3, -0.25) is 4.79 Å². The van der Waals surface area contributed by atoms with Gasteiger partial charge in [0.15, 0.2) is 0 Å². The molecule has 3 aromatic rings. The van der Waals surface area contributed by atoms with E-state index in [4.69, 9.17) is 9.84 Å². The number of nitrogens with zero attached hydrogens (tertiary/aromatic N) is 1. The van der Waals surface area contributed by atoms with Gasteiger partial charge in [-0.25, -0.2) is 0 Å². The lowest BCUT2D eigenvalue weighted by molar-refractivity contribution is -0.136. The van der Waals surface area contributed by atoms with Crippen molar-refractivity contribution in [3.8, 4) is 22.0 Å². The standard InChI is InChI=1S/C18H17NO3S/c1-22-15-8-4-13(5-9-15)19-14(7-11-18(20)21)6-10-16(19)17-3-2-12-23-17/h2-6,8-10,12H,7,11H2,1H3,(H,20,21). The summed E-state index contributed by atoms with van der Waals surface area (Å²) >= 11 is 1.67. The molecule has 5 heteroatoms. The zero-order chi connectivity index (χ0) is 16.2. The summed E-state index contributed by atoms with van der Waals surface area (Å²) in [5.74, 6) is 0.0100. The quantitative estimate of drug-likeness (QED) is 0.737. The number of rotatable bonds is 6. The van der Waals surface area contributed by atoms with Crippen LogP contribution in [-0.2, 0) is 11.2 Å². The second-order valence-corrected chi connectivity index (χ2v) is 6.06. The Kier molecular flexibility index (Phi) is 4.48. The van der Waals surface area contributed by atoms with Gasteiger partial charge in [0.2, 0.25) is 0 Å². The third kappa shape index (κ3) is 3.29. The molecule has 0 fully saturated rings. The second kappa shape index (κ2) is 6.71. The van der Waals surface area contributed by atoms with Gasteiger partial charge in [-0.1, -0.05) is 6.07 Å². The number of carbonyl (C=O) groups is 1. The fourth-order valence-electron chi connectivity index (χ4n) is 2.56. The number of aryl methyl sites for hydroxylation is 1. The molecule has 0 saturated heterocycles. The van der Waals surface area contributed by atoms with E-state index in [1.807, 2.05) is 47.8 Å². The van der Waals surface area contributed by atoms with E-state index < -0.39 is 5.97 Å². The Hall–Kier alpha value is -2.53. The summed E-state index contributed by atoms with van der Waals surface area (Å²) < 4.78 is 7.33. The van der Waals surface area contributed by atoms with Crippen molar-refractivity contribution >= 4 is 17.3 Å². The number of hydrogen-bond donors (Lipinski definition) is 1. The van der Waals surface area contributed by atoms with E-state index in [1.54, 1.807) is 18.4 Å². The third-order valence-electron chi connectivity index (χ3n) is 3.66. The van der Waals surface area contributed by atoms with Crippen LogP contribution in [0.2, 0.25) is 0 Å². The van der Waals surface area contributed by atoms with E-state index >= 15 is 0 Å². The van der Waals surface area contributed by atoms with Crippen molar-refractivity contribution in [3.63, 3.8) is 0 Å². The molecule has 0 unspecified atom stereocenters. The Morgan fingerprint density at radius 1 is 1.17 bits per heavy atom. The number of aliphatic carboxylic acids is 1. The fraction of sp³-hybridized carbons (Fsp3) is 0.167. The molecule has 0 bridgehead atoms. The van der Waals surface area contributed by atoms with E-state index in [0.29, 0.717) is 6.42 Å². The predicted octanol–water partition coefficient (Wildman–Crippen LogP) is 4.23. The van der Waals surface area contributed by atoms with Crippen LogP contribution in [0.15, 0.2) is 53.9 Å². The molecule has 0 saturated carbocycles. The van der Waals surface area contributed by atoms with Gasteiger partial charge in [-0.05, 0) is 54.3 Å². The molecule has 0 radical (unpaired) electrons. The zero-order valence-corrected chi connectivity index (χ0v) is 13.5. The van der Waals surface area contributed by atoms with Crippen LogP contribution in [0, 0.1) is 0 Å². The molecule has 3 rings (SSSR count). The van der Waals surface area contributed by atoms with Gasteiger partial charge < -0.3 is 14.4 Å². The predicted molar refractivity (Wildman–Crippen MR) is 91.6 cm³/mol. The fourth-order valence-corrected chi connectivity index (χ4v) is 3.30. The Morgan fingerprint density at radius 2 is 1.96 bits per heavy atom. The van der Waals surface area contributed by atoms with Crippen LogP contribution in [0.25, 0.3) is 16.3 Å². The first-order chi connectivity index (χ1) is 11.2. The Balaban J connectivity index is 2.06. The van der Waals surface area contributed by atoms with Crippen LogP contribution in [-0.4, -0.2) is 22.8 Å². The molecule has 0 amide bonds. The van der Waals surface area contributed by atoms with Crippen LogP contribution in [0.4, 0.5) is 0 Å². The van der Waals surface area contributed by atoms with Crippen LogP contribution in [0.3, 0.4) is 0 Å². The molecule has 2 aromatic heterocycles. The van der Waals surface area contributed by atoms with Crippen LogP contribution >= 0.6 is 11.3 Å². The lowest BCUT2D eigenvalue weighted by Crippen LogP contribution is -2.05. The maximum absolute atomic E-state index is 10.9. The molecule has 1 aromatic carbocycles. The van der Waals surface area contributed by atoms with Crippen molar-refractivity contribution in [3.05, 3.63) is 59.6 Å². The van der Waals surface area contributed by atoms with Gasteiger partial charge in [-0.2, -0.15) is 0 Å². The Morgan fingerprint density at radius 3 is 2.57 bits per heavy atom. The Labute approximate surface area is 138 Å². The highest BCUT2D eigenvalue weighted by atomic mass is 32.1. The molecule has 23 heavy (non-hydrogen) atoms. The number of carboxylic acid groups (broad SMARTS) is 1. The zero-order valence-electron chi connectivity index (χ0n) is 12.7. The second-order valence-electron chi connectivity index (χ2n) is 5.11. The molecule has 1 N–H and O–H groups in total. The lowest BCUT2D eigenvalue weighted by Gasteiger charge is -2.13. The first-order valence-electron chi connectivity index (χ1n) is 7.30. The average Bonchev–Trinajstić information content (AvgIpc) is 3.22. The number of hydrogen-bond acceptors (Lipinski definition) is 3. The number of aromatic nitrogens is 1. The highest BCUT2D eigenvalue weighted by molar-refractivity contribution is 7.13. The van der Waals surface area contributed by atoms with E-state index in [9.17, 15) is 4.79 Å². The summed E-state index contributed by atoms with van der Waals surface area (Å²) in [6.07, 6.45) is 0.608. The molecular formula is C18H17NO3S. The van der Waals surface area contributed by atoms with Crippen molar-refractivity contribution in [2.75, 3.05) is 7.11 Å². The minimum absolute atomic E-state index is 0.115. The van der Waals surface area contributed by atoms with Gasteiger partial charge in [0, 0.05) is 11.4 Å². The van der Waals surface area contributed by atoms with Crippen LogP contribution in [0.5, 0.6) is 5.75 Å². The summed E-state index contributed by atoms with van der Waals surface area (Å²) in [6, 6.07) is 15.9. The maximum Gasteiger partial charge on any atom is 0.303 e. The minimum atomic E-state index is -0.787. The first kappa shape index (κ1) is 15.4. The van der Waals surface area contributed by atoms with E-state index in [0.717, 1.165) is 27.7 Å². The molecular weight excluding hydrogens is 310 g/mol. The summed E-state index contributed by atoms with van der Waals surface area (Å²) in [7, 11) is 1.64. The van der Waals surface area contributed by atoms with Gasteiger partial charge in [0.25, 0.3) is 0 Å².